The van der Waals surface area contributed by atoms with E-state index in [1.165, 1.54) is 77.0 Å². The lowest BCUT2D eigenvalue weighted by Crippen LogP contribution is -2.54. The molecule has 8 atom stereocenters. The van der Waals surface area contributed by atoms with E-state index >= 15 is 0 Å². The van der Waals surface area contributed by atoms with Gasteiger partial charge < -0.3 is 0 Å². The molecule has 0 aromatic rings. The Kier molecular flexibility index (Phi) is 5.59. The lowest BCUT2D eigenvalue weighted by Gasteiger charge is -2.61. The fourth-order valence-electron chi connectivity index (χ4n) is 9.64. The van der Waals surface area contributed by atoms with Gasteiger partial charge in [-0.3, -0.25) is 0 Å². The van der Waals surface area contributed by atoms with Gasteiger partial charge in [-0.2, -0.15) is 0 Å². The molecule has 0 radical (unpaired) electrons. The number of hydrogen-bond acceptors (Lipinski definition) is 0. The zero-order valence-electron chi connectivity index (χ0n) is 19.7. The van der Waals surface area contributed by atoms with Crippen molar-refractivity contribution in [3.8, 4) is 0 Å². The first-order valence-corrected chi connectivity index (χ1v) is 12.9. The van der Waals surface area contributed by atoms with Crippen LogP contribution in [-0.2, 0) is 0 Å². The molecule has 4 fully saturated rings. The van der Waals surface area contributed by atoms with Crippen LogP contribution in [-0.4, -0.2) is 0 Å². The van der Waals surface area contributed by atoms with Crippen LogP contribution in [0.4, 0.5) is 0 Å². The maximum Gasteiger partial charge on any atom is -0.00643 e. The van der Waals surface area contributed by atoms with Crippen molar-refractivity contribution in [2.45, 2.75) is 112 Å². The van der Waals surface area contributed by atoms with Crippen LogP contribution in [0.15, 0.2) is 12.7 Å². The molecule has 0 aromatic carbocycles. The zero-order valence-corrected chi connectivity index (χ0v) is 19.7. The van der Waals surface area contributed by atoms with E-state index in [2.05, 4.69) is 47.3 Å². The minimum atomic E-state index is 0.476. The smallest absolute Gasteiger partial charge is 0.00643 e. The first-order chi connectivity index (χ1) is 13.3. The Labute approximate surface area is 176 Å². The van der Waals surface area contributed by atoms with Crippen LogP contribution in [0.2, 0.25) is 0 Å². The summed E-state index contributed by atoms with van der Waals surface area (Å²) < 4.78 is 0. The lowest BCUT2D eigenvalue weighted by molar-refractivity contribution is -0.112. The van der Waals surface area contributed by atoms with E-state index in [0.29, 0.717) is 16.2 Å². The predicted octanol–water partition coefficient (Wildman–Crippen LogP) is 8.66. The summed E-state index contributed by atoms with van der Waals surface area (Å²) in [7, 11) is 0. The highest BCUT2D eigenvalue weighted by atomic mass is 14.7. The van der Waals surface area contributed by atoms with Gasteiger partial charge in [0.1, 0.15) is 0 Å². The van der Waals surface area contributed by atoms with Gasteiger partial charge in [0.2, 0.25) is 0 Å². The normalized spacial score (nSPS) is 48.8. The second kappa shape index (κ2) is 7.46. The number of allylic oxidation sites excluding steroid dienone is 1. The van der Waals surface area contributed by atoms with E-state index in [0.717, 1.165) is 35.5 Å². The highest BCUT2D eigenvalue weighted by Gasteiger charge is 2.64. The molecule has 0 heteroatoms. The SMILES string of the molecule is C=CC12CCC[C@]1(C)C1CC[C@@]3(C)C(CC[C@@H]3C(C)CCCC(C)C)C1CC2. The summed E-state index contributed by atoms with van der Waals surface area (Å²) >= 11 is 0. The molecule has 0 aliphatic heterocycles. The topological polar surface area (TPSA) is 0 Å². The molecule has 4 aliphatic rings. The van der Waals surface area contributed by atoms with Crippen molar-refractivity contribution < 1.29 is 0 Å². The largest absolute Gasteiger partial charge is 0.103 e. The van der Waals surface area contributed by atoms with Gasteiger partial charge >= 0.3 is 0 Å². The molecule has 0 bridgehead atoms. The van der Waals surface area contributed by atoms with Crippen LogP contribution in [0.3, 0.4) is 0 Å². The van der Waals surface area contributed by atoms with Gasteiger partial charge in [-0.25, -0.2) is 0 Å². The summed E-state index contributed by atoms with van der Waals surface area (Å²) in [4.78, 5) is 0. The molecule has 5 unspecified atom stereocenters. The highest BCUT2D eigenvalue weighted by molar-refractivity contribution is 5.18. The molecule has 4 saturated carbocycles. The Bertz CT molecular complexity index is 575. The molecule has 4 aliphatic carbocycles. The van der Waals surface area contributed by atoms with Crippen LogP contribution in [0.25, 0.3) is 0 Å². The second-order valence-electron chi connectivity index (χ2n) is 12.6. The molecular formula is C28H48. The van der Waals surface area contributed by atoms with Crippen LogP contribution >= 0.6 is 0 Å². The molecule has 0 heterocycles. The van der Waals surface area contributed by atoms with E-state index in [1.54, 1.807) is 0 Å². The first-order valence-electron chi connectivity index (χ1n) is 12.9. The van der Waals surface area contributed by atoms with E-state index in [1.807, 2.05) is 0 Å². The quantitative estimate of drug-likeness (QED) is 0.402. The van der Waals surface area contributed by atoms with Gasteiger partial charge in [-0.05, 0) is 103 Å². The Balaban J connectivity index is 1.50. The van der Waals surface area contributed by atoms with Crippen molar-refractivity contribution >= 4 is 0 Å². The van der Waals surface area contributed by atoms with E-state index in [4.69, 9.17) is 0 Å². The van der Waals surface area contributed by atoms with Crippen molar-refractivity contribution in [1.82, 2.24) is 0 Å². The predicted molar refractivity (Wildman–Crippen MR) is 122 cm³/mol. The minimum absolute atomic E-state index is 0.476. The maximum atomic E-state index is 4.36. The molecule has 0 spiro atoms. The van der Waals surface area contributed by atoms with Gasteiger partial charge in [-0.1, -0.05) is 66.4 Å². The fourth-order valence-corrected chi connectivity index (χ4v) is 9.64. The molecule has 4 rings (SSSR count). The molecule has 28 heavy (non-hydrogen) atoms. The number of rotatable bonds is 6. The summed E-state index contributed by atoms with van der Waals surface area (Å²) in [5, 5.41) is 0. The summed E-state index contributed by atoms with van der Waals surface area (Å²) in [5.41, 5.74) is 1.67. The molecule has 0 saturated heterocycles. The van der Waals surface area contributed by atoms with Gasteiger partial charge in [0.05, 0.1) is 0 Å². The van der Waals surface area contributed by atoms with Crippen molar-refractivity contribution in [2.24, 2.45) is 51.8 Å². The average Bonchev–Trinajstić information content (AvgIpc) is 3.18. The van der Waals surface area contributed by atoms with E-state index in [9.17, 15) is 0 Å². The van der Waals surface area contributed by atoms with Crippen molar-refractivity contribution in [2.75, 3.05) is 0 Å². The van der Waals surface area contributed by atoms with Gasteiger partial charge in [-0.15, -0.1) is 6.58 Å². The number of fused-ring (bicyclic) bond motifs is 5. The monoisotopic (exact) mass is 384 g/mol. The van der Waals surface area contributed by atoms with Crippen molar-refractivity contribution in [3.63, 3.8) is 0 Å². The molecule has 0 N–H and O–H groups in total. The van der Waals surface area contributed by atoms with Gasteiger partial charge in [0.25, 0.3) is 0 Å². The third-order valence-corrected chi connectivity index (χ3v) is 11.2. The standard InChI is InChI=1S/C28H48/c1-7-28-17-9-16-27(28,6)25-15-18-26(5)23(21(4)11-8-10-20(2)3)12-13-24(26)22(25)14-19-28/h7,20-25H,1,8-19H2,2-6H3/t21?,22?,23-,24?,25?,26-,27-,28?/m1/s1. The minimum Gasteiger partial charge on any atom is -0.103 e. The number of hydrogen-bond donors (Lipinski definition) is 0. The van der Waals surface area contributed by atoms with Gasteiger partial charge in [0.15, 0.2) is 0 Å². The van der Waals surface area contributed by atoms with Crippen molar-refractivity contribution in [3.05, 3.63) is 12.7 Å². The summed E-state index contributed by atoms with van der Waals surface area (Å²) in [6.07, 6.45) is 20.1. The summed E-state index contributed by atoms with van der Waals surface area (Å²) in [5.74, 6) is 5.81. The van der Waals surface area contributed by atoms with Crippen LogP contribution in [0.1, 0.15) is 112 Å². The third-order valence-electron chi connectivity index (χ3n) is 11.2. The summed E-state index contributed by atoms with van der Waals surface area (Å²) in [6, 6.07) is 0. The average molecular weight is 385 g/mol. The third kappa shape index (κ3) is 2.98. The first kappa shape index (κ1) is 21.0. The Morgan fingerprint density at radius 2 is 1.68 bits per heavy atom. The molecule has 160 valence electrons. The maximum absolute atomic E-state index is 4.36. The van der Waals surface area contributed by atoms with Crippen molar-refractivity contribution in [1.29, 1.82) is 0 Å². The van der Waals surface area contributed by atoms with Crippen LogP contribution < -0.4 is 0 Å². The molecule has 0 amide bonds. The lowest BCUT2D eigenvalue weighted by atomic mass is 9.43. The van der Waals surface area contributed by atoms with Gasteiger partial charge in [0, 0.05) is 0 Å². The summed E-state index contributed by atoms with van der Waals surface area (Å²) in [6.45, 7) is 17.1. The molecular weight excluding hydrogens is 336 g/mol. The fraction of sp³-hybridized carbons (Fsp3) is 0.929. The Morgan fingerprint density at radius 3 is 2.39 bits per heavy atom. The van der Waals surface area contributed by atoms with E-state index in [-0.39, 0.29) is 0 Å². The highest BCUT2D eigenvalue weighted by Crippen LogP contribution is 2.72. The van der Waals surface area contributed by atoms with Crippen LogP contribution in [0.5, 0.6) is 0 Å². The molecule has 0 aromatic heterocycles. The second-order valence-corrected chi connectivity index (χ2v) is 12.6. The Morgan fingerprint density at radius 1 is 0.893 bits per heavy atom. The van der Waals surface area contributed by atoms with Crippen LogP contribution in [0, 0.1) is 51.8 Å². The molecule has 0 nitrogen and oxygen atoms in total. The zero-order chi connectivity index (χ0) is 20.2. The van der Waals surface area contributed by atoms with E-state index < -0.39 is 0 Å². The Hall–Kier alpha value is -0.260.